The monoisotopic (exact) mass is 445 g/mol. The van der Waals surface area contributed by atoms with Crippen LogP contribution in [0.25, 0.3) is 0 Å². The molecule has 0 aliphatic carbocycles. The lowest BCUT2D eigenvalue weighted by Gasteiger charge is -2.28. The minimum absolute atomic E-state index is 0.0168. The zero-order chi connectivity index (χ0) is 23.9. The molecule has 176 valence electrons. The molecule has 33 heavy (non-hydrogen) atoms. The van der Waals surface area contributed by atoms with Gasteiger partial charge in [-0.25, -0.2) is 5.01 Å². The predicted octanol–water partition coefficient (Wildman–Crippen LogP) is 6.07. The van der Waals surface area contributed by atoms with Gasteiger partial charge in [0, 0.05) is 31.5 Å². The number of hydrogen-bond donors (Lipinski definition) is 2. The third-order valence-electron chi connectivity index (χ3n) is 5.90. The van der Waals surface area contributed by atoms with Gasteiger partial charge in [0.2, 0.25) is 5.91 Å². The van der Waals surface area contributed by atoms with E-state index in [2.05, 4.69) is 49.7 Å². The molecule has 0 bridgehead atoms. The molecule has 2 atom stereocenters. The summed E-state index contributed by atoms with van der Waals surface area (Å²) >= 11 is 0. The molecule has 2 rings (SSSR count). The first-order valence-electron chi connectivity index (χ1n) is 11.9. The van der Waals surface area contributed by atoms with Crippen molar-refractivity contribution in [2.75, 3.05) is 13.1 Å². The lowest BCUT2D eigenvalue weighted by molar-refractivity contribution is -0.121. The van der Waals surface area contributed by atoms with E-state index in [1.807, 2.05) is 53.6 Å². The number of amides is 1. The standard InChI is InChI=1S/C29H39N3O/c1-4-7-14-22-32(30)28(26-18-12-9-13-19-26)20-21-29(33)31-23-27(24(6-3)15-5-2)25-16-10-8-11-17-25/h5-6,8-13,15-19,27-28H,2-4,7,14,20-23,30H2,1H3,(H,31,33)/b24-15+. The van der Waals surface area contributed by atoms with E-state index in [9.17, 15) is 4.79 Å². The summed E-state index contributed by atoms with van der Waals surface area (Å²) in [7, 11) is 0. The Balaban J connectivity index is 2.03. The van der Waals surface area contributed by atoms with E-state index < -0.39 is 0 Å². The molecule has 1 amide bonds. The highest BCUT2D eigenvalue weighted by Gasteiger charge is 2.20. The van der Waals surface area contributed by atoms with Gasteiger partial charge < -0.3 is 5.32 Å². The van der Waals surface area contributed by atoms with Crippen molar-refractivity contribution < 1.29 is 4.79 Å². The van der Waals surface area contributed by atoms with Crippen LogP contribution in [-0.4, -0.2) is 24.0 Å². The summed E-state index contributed by atoms with van der Waals surface area (Å²) in [6.45, 7) is 11.3. The fourth-order valence-corrected chi connectivity index (χ4v) is 4.05. The first-order valence-corrected chi connectivity index (χ1v) is 11.9. The Bertz CT molecular complexity index is 876. The number of hydrazine groups is 1. The van der Waals surface area contributed by atoms with Crippen molar-refractivity contribution in [1.29, 1.82) is 0 Å². The van der Waals surface area contributed by atoms with Crippen molar-refractivity contribution in [2.45, 2.75) is 51.0 Å². The highest BCUT2D eigenvalue weighted by atomic mass is 16.1. The summed E-state index contributed by atoms with van der Waals surface area (Å²) in [6.07, 6.45) is 9.99. The molecule has 0 aliphatic heterocycles. The van der Waals surface area contributed by atoms with Crippen LogP contribution in [0.15, 0.2) is 97.6 Å². The van der Waals surface area contributed by atoms with Gasteiger partial charge in [-0.1, -0.05) is 112 Å². The van der Waals surface area contributed by atoms with Crippen molar-refractivity contribution in [3.8, 4) is 0 Å². The van der Waals surface area contributed by atoms with Crippen LogP contribution >= 0.6 is 0 Å². The Morgan fingerprint density at radius 1 is 1.03 bits per heavy atom. The third kappa shape index (κ3) is 8.83. The second-order valence-corrected chi connectivity index (χ2v) is 8.28. The minimum atomic E-state index is 0.0168. The lowest BCUT2D eigenvalue weighted by Crippen LogP contribution is -2.37. The van der Waals surface area contributed by atoms with Gasteiger partial charge in [0.25, 0.3) is 0 Å². The average molecular weight is 446 g/mol. The predicted molar refractivity (Wildman–Crippen MR) is 140 cm³/mol. The van der Waals surface area contributed by atoms with Gasteiger partial charge in [-0.05, 0) is 29.5 Å². The van der Waals surface area contributed by atoms with Crippen molar-refractivity contribution in [1.82, 2.24) is 10.3 Å². The molecule has 2 unspecified atom stereocenters. The van der Waals surface area contributed by atoms with E-state index >= 15 is 0 Å². The number of carbonyl (C=O) groups is 1. The van der Waals surface area contributed by atoms with E-state index in [-0.39, 0.29) is 17.9 Å². The quantitative estimate of drug-likeness (QED) is 0.151. The summed E-state index contributed by atoms with van der Waals surface area (Å²) in [6, 6.07) is 20.4. The van der Waals surface area contributed by atoms with Crippen LogP contribution in [0.4, 0.5) is 0 Å². The van der Waals surface area contributed by atoms with Crippen LogP contribution in [0.3, 0.4) is 0 Å². The van der Waals surface area contributed by atoms with Gasteiger partial charge in [0.05, 0.1) is 0 Å². The number of rotatable bonds is 15. The van der Waals surface area contributed by atoms with E-state index in [0.29, 0.717) is 19.4 Å². The molecule has 0 fully saturated rings. The molecular weight excluding hydrogens is 406 g/mol. The SMILES string of the molecule is C=C/C=C(\C=C)C(CNC(=O)CCC(c1ccccc1)N(N)CCCCC)c1ccccc1. The van der Waals surface area contributed by atoms with Crippen LogP contribution in [0.5, 0.6) is 0 Å². The summed E-state index contributed by atoms with van der Waals surface area (Å²) < 4.78 is 0. The fraction of sp³-hybridized carbons (Fsp3) is 0.345. The van der Waals surface area contributed by atoms with Crippen LogP contribution < -0.4 is 11.2 Å². The third-order valence-corrected chi connectivity index (χ3v) is 5.90. The van der Waals surface area contributed by atoms with Crippen LogP contribution in [0.2, 0.25) is 0 Å². The Morgan fingerprint density at radius 2 is 1.67 bits per heavy atom. The Hall–Kier alpha value is -2.95. The van der Waals surface area contributed by atoms with Crippen LogP contribution in [0, 0.1) is 0 Å². The average Bonchev–Trinajstić information content (AvgIpc) is 2.85. The first kappa shape index (κ1) is 26.3. The van der Waals surface area contributed by atoms with Gasteiger partial charge in [0.15, 0.2) is 0 Å². The molecule has 0 spiro atoms. The van der Waals surface area contributed by atoms with Crippen molar-refractivity contribution in [2.24, 2.45) is 5.84 Å². The number of nitrogens with zero attached hydrogens (tertiary/aromatic N) is 1. The molecule has 2 aromatic carbocycles. The molecular formula is C29H39N3O. The maximum atomic E-state index is 12.8. The van der Waals surface area contributed by atoms with Gasteiger partial charge in [-0.2, -0.15) is 0 Å². The minimum Gasteiger partial charge on any atom is -0.355 e. The van der Waals surface area contributed by atoms with Crippen molar-refractivity contribution in [3.63, 3.8) is 0 Å². The maximum Gasteiger partial charge on any atom is 0.220 e. The van der Waals surface area contributed by atoms with Crippen LogP contribution in [-0.2, 0) is 4.79 Å². The molecule has 4 nitrogen and oxygen atoms in total. The molecule has 0 saturated carbocycles. The highest BCUT2D eigenvalue weighted by molar-refractivity contribution is 5.76. The summed E-state index contributed by atoms with van der Waals surface area (Å²) in [5.41, 5.74) is 3.31. The second kappa shape index (κ2) is 15.0. The molecule has 0 radical (unpaired) electrons. The molecule has 0 heterocycles. The number of nitrogens with one attached hydrogen (secondary N) is 1. The van der Waals surface area contributed by atoms with E-state index in [0.717, 1.165) is 42.5 Å². The van der Waals surface area contributed by atoms with E-state index in [4.69, 9.17) is 5.84 Å². The summed E-state index contributed by atoms with van der Waals surface area (Å²) in [5.74, 6) is 6.49. The van der Waals surface area contributed by atoms with Gasteiger partial charge in [-0.15, -0.1) is 0 Å². The molecule has 0 aliphatic rings. The Morgan fingerprint density at radius 3 is 2.24 bits per heavy atom. The highest BCUT2D eigenvalue weighted by Crippen LogP contribution is 2.26. The fourth-order valence-electron chi connectivity index (χ4n) is 4.05. The Kier molecular flexibility index (Phi) is 11.9. The number of nitrogens with two attached hydrogens (primary N) is 1. The first-order chi connectivity index (χ1) is 16.1. The summed E-state index contributed by atoms with van der Waals surface area (Å²) in [4.78, 5) is 12.8. The van der Waals surface area contributed by atoms with Gasteiger partial charge in [-0.3, -0.25) is 10.6 Å². The molecule has 4 heteroatoms. The molecule has 0 aromatic heterocycles. The molecule has 0 saturated heterocycles. The van der Waals surface area contributed by atoms with E-state index in [1.54, 1.807) is 6.08 Å². The van der Waals surface area contributed by atoms with E-state index in [1.165, 1.54) is 0 Å². The number of allylic oxidation sites excluding steroid dienone is 3. The van der Waals surface area contributed by atoms with Crippen molar-refractivity contribution in [3.05, 3.63) is 109 Å². The topological polar surface area (TPSA) is 58.4 Å². The normalized spacial score (nSPS) is 13.4. The maximum absolute atomic E-state index is 12.8. The number of carbonyl (C=O) groups excluding carboxylic acids is 1. The second-order valence-electron chi connectivity index (χ2n) is 8.28. The zero-order valence-electron chi connectivity index (χ0n) is 20.0. The van der Waals surface area contributed by atoms with Crippen molar-refractivity contribution >= 4 is 5.91 Å². The van der Waals surface area contributed by atoms with Gasteiger partial charge in [0.1, 0.15) is 0 Å². The smallest absolute Gasteiger partial charge is 0.220 e. The number of benzene rings is 2. The van der Waals surface area contributed by atoms with Gasteiger partial charge >= 0.3 is 0 Å². The van der Waals surface area contributed by atoms with Crippen LogP contribution in [0.1, 0.15) is 62.1 Å². The lowest BCUT2D eigenvalue weighted by atomic mass is 9.90. The molecule has 3 N–H and O–H groups in total. The molecule has 2 aromatic rings. The number of hydrogen-bond acceptors (Lipinski definition) is 3. The largest absolute Gasteiger partial charge is 0.355 e. The zero-order valence-corrected chi connectivity index (χ0v) is 20.0. The Labute approximate surface area is 199 Å². The summed E-state index contributed by atoms with van der Waals surface area (Å²) in [5, 5.41) is 5.03. The number of unbranched alkanes of at least 4 members (excludes halogenated alkanes) is 2.